The van der Waals surface area contributed by atoms with Gasteiger partial charge in [-0.2, -0.15) is 0 Å². The molecular weight excluding hydrogens is 218 g/mol. The normalized spacial score (nSPS) is 17.5. The van der Waals surface area contributed by atoms with Crippen LogP contribution in [0.4, 0.5) is 5.95 Å². The number of hydrogen-bond acceptors (Lipinski definition) is 5. The molecule has 1 fully saturated rings. The van der Waals surface area contributed by atoms with E-state index in [0.29, 0.717) is 5.92 Å². The van der Waals surface area contributed by atoms with E-state index in [0.717, 1.165) is 43.1 Å². The van der Waals surface area contributed by atoms with Crippen LogP contribution in [0.15, 0.2) is 6.20 Å². The van der Waals surface area contributed by atoms with Crippen LogP contribution in [0.25, 0.3) is 0 Å². The molecule has 5 heteroatoms. The summed E-state index contributed by atoms with van der Waals surface area (Å²) in [5.74, 6) is 1.15. The average molecular weight is 237 g/mol. The molecule has 17 heavy (non-hydrogen) atoms. The monoisotopic (exact) mass is 237 g/mol. The fraction of sp³-hybridized carbons (Fsp3) is 0.667. The summed E-state index contributed by atoms with van der Waals surface area (Å²) in [5, 5.41) is 18.1. The second-order valence-corrected chi connectivity index (χ2v) is 4.55. The highest BCUT2D eigenvalue weighted by Crippen LogP contribution is 2.20. The number of rotatable bonds is 3. The molecule has 2 N–H and O–H groups in total. The van der Waals surface area contributed by atoms with Gasteiger partial charge >= 0.3 is 0 Å². The molecule has 0 amide bonds. The molecule has 0 aliphatic carbocycles. The molecule has 0 unspecified atom stereocenters. The largest absolute Gasteiger partial charge is 0.396 e. The van der Waals surface area contributed by atoms with Crippen LogP contribution in [-0.2, 0) is 6.61 Å². The maximum absolute atomic E-state index is 9.08. The highest BCUT2D eigenvalue weighted by atomic mass is 16.3. The number of aliphatic hydroxyl groups excluding tert-OH is 2. The molecule has 1 aromatic rings. The lowest BCUT2D eigenvalue weighted by atomic mass is 9.98. The molecule has 2 rings (SSSR count). The zero-order valence-corrected chi connectivity index (χ0v) is 10.1. The quantitative estimate of drug-likeness (QED) is 0.800. The number of anilines is 1. The summed E-state index contributed by atoms with van der Waals surface area (Å²) in [7, 11) is 0. The van der Waals surface area contributed by atoms with Gasteiger partial charge in [0.1, 0.15) is 0 Å². The van der Waals surface area contributed by atoms with Gasteiger partial charge in [0.15, 0.2) is 0 Å². The lowest BCUT2D eigenvalue weighted by molar-refractivity contribution is 0.202. The molecule has 1 saturated heterocycles. The van der Waals surface area contributed by atoms with Gasteiger partial charge in [0.2, 0.25) is 5.95 Å². The maximum atomic E-state index is 9.08. The van der Waals surface area contributed by atoms with Crippen molar-refractivity contribution in [2.45, 2.75) is 26.4 Å². The number of aryl methyl sites for hydroxylation is 1. The van der Waals surface area contributed by atoms with E-state index in [1.807, 2.05) is 6.92 Å². The first kappa shape index (κ1) is 12.3. The van der Waals surface area contributed by atoms with Crippen molar-refractivity contribution in [2.24, 2.45) is 5.92 Å². The van der Waals surface area contributed by atoms with Crippen LogP contribution in [0.1, 0.15) is 24.1 Å². The molecule has 94 valence electrons. The predicted molar refractivity (Wildman–Crippen MR) is 64.7 cm³/mol. The smallest absolute Gasteiger partial charge is 0.225 e. The molecule has 0 aromatic carbocycles. The maximum Gasteiger partial charge on any atom is 0.225 e. The predicted octanol–water partition coefficient (Wildman–Crippen LogP) is 0.486. The Hall–Kier alpha value is -1.20. The van der Waals surface area contributed by atoms with Crippen LogP contribution in [0.5, 0.6) is 0 Å². The Morgan fingerprint density at radius 3 is 2.59 bits per heavy atom. The van der Waals surface area contributed by atoms with Crippen molar-refractivity contribution in [2.75, 3.05) is 24.6 Å². The summed E-state index contributed by atoms with van der Waals surface area (Å²) in [5.41, 5.74) is 1.61. The SMILES string of the molecule is Cc1nc(N2CCC(CO)CC2)ncc1CO. The standard InChI is InChI=1S/C12H19N3O2/c1-9-11(8-17)6-13-12(14-9)15-4-2-10(7-16)3-5-15/h6,10,16-17H,2-5,7-8H2,1H3. The Kier molecular flexibility index (Phi) is 3.91. The Balaban J connectivity index is 2.06. The van der Waals surface area contributed by atoms with Crippen LogP contribution in [0, 0.1) is 12.8 Å². The summed E-state index contributed by atoms with van der Waals surface area (Å²) >= 11 is 0. The summed E-state index contributed by atoms with van der Waals surface area (Å²) in [6.45, 7) is 3.93. The van der Waals surface area contributed by atoms with E-state index >= 15 is 0 Å². The van der Waals surface area contributed by atoms with Crippen molar-refractivity contribution in [1.29, 1.82) is 0 Å². The molecule has 1 aromatic heterocycles. The molecule has 1 aliphatic heterocycles. The van der Waals surface area contributed by atoms with E-state index in [9.17, 15) is 0 Å². The Bertz CT molecular complexity index is 376. The fourth-order valence-electron chi connectivity index (χ4n) is 2.10. The molecule has 2 heterocycles. The summed E-state index contributed by atoms with van der Waals surface area (Å²) in [6.07, 6.45) is 3.66. The van der Waals surface area contributed by atoms with Gasteiger partial charge in [0, 0.05) is 37.2 Å². The third kappa shape index (κ3) is 2.73. The van der Waals surface area contributed by atoms with E-state index in [1.165, 1.54) is 0 Å². The fourth-order valence-corrected chi connectivity index (χ4v) is 2.10. The van der Waals surface area contributed by atoms with Gasteiger partial charge in [0.25, 0.3) is 0 Å². The molecule has 0 saturated carbocycles. The van der Waals surface area contributed by atoms with Crippen molar-refractivity contribution in [1.82, 2.24) is 9.97 Å². The van der Waals surface area contributed by atoms with Gasteiger partial charge < -0.3 is 15.1 Å². The zero-order chi connectivity index (χ0) is 12.3. The van der Waals surface area contributed by atoms with Crippen molar-refractivity contribution in [3.05, 3.63) is 17.5 Å². The molecule has 0 spiro atoms. The van der Waals surface area contributed by atoms with E-state index in [4.69, 9.17) is 10.2 Å². The van der Waals surface area contributed by atoms with Gasteiger partial charge in [-0.3, -0.25) is 0 Å². The van der Waals surface area contributed by atoms with Crippen LogP contribution >= 0.6 is 0 Å². The lowest BCUT2D eigenvalue weighted by Gasteiger charge is -2.31. The Labute approximate surface area is 101 Å². The van der Waals surface area contributed by atoms with Crippen LogP contribution in [0.2, 0.25) is 0 Å². The van der Waals surface area contributed by atoms with Crippen molar-refractivity contribution in [3.63, 3.8) is 0 Å². The minimum absolute atomic E-state index is 0.0152. The molecule has 0 bridgehead atoms. The average Bonchev–Trinajstić information content (AvgIpc) is 2.39. The van der Waals surface area contributed by atoms with Gasteiger partial charge in [-0.25, -0.2) is 9.97 Å². The van der Waals surface area contributed by atoms with E-state index in [-0.39, 0.29) is 13.2 Å². The summed E-state index contributed by atoms with van der Waals surface area (Å²) < 4.78 is 0. The topological polar surface area (TPSA) is 69.5 Å². The zero-order valence-electron chi connectivity index (χ0n) is 10.1. The molecule has 0 atom stereocenters. The second kappa shape index (κ2) is 5.42. The van der Waals surface area contributed by atoms with Gasteiger partial charge in [-0.1, -0.05) is 0 Å². The number of hydrogen-bond donors (Lipinski definition) is 2. The molecule has 1 aliphatic rings. The highest BCUT2D eigenvalue weighted by Gasteiger charge is 2.20. The number of nitrogens with zero attached hydrogens (tertiary/aromatic N) is 3. The highest BCUT2D eigenvalue weighted by molar-refractivity contribution is 5.33. The summed E-state index contributed by atoms with van der Waals surface area (Å²) in [6, 6.07) is 0. The first-order valence-corrected chi connectivity index (χ1v) is 6.03. The van der Waals surface area contributed by atoms with E-state index in [1.54, 1.807) is 6.20 Å². The molecule has 0 radical (unpaired) electrons. The number of aromatic nitrogens is 2. The third-order valence-electron chi connectivity index (χ3n) is 3.39. The van der Waals surface area contributed by atoms with Crippen LogP contribution < -0.4 is 4.90 Å². The number of piperidine rings is 1. The Morgan fingerprint density at radius 1 is 1.35 bits per heavy atom. The summed E-state index contributed by atoms with van der Waals surface area (Å²) in [4.78, 5) is 10.8. The van der Waals surface area contributed by atoms with Crippen molar-refractivity contribution >= 4 is 5.95 Å². The first-order valence-electron chi connectivity index (χ1n) is 6.03. The Morgan fingerprint density at radius 2 is 2.06 bits per heavy atom. The minimum atomic E-state index is -0.0152. The lowest BCUT2D eigenvalue weighted by Crippen LogP contribution is -2.36. The van der Waals surface area contributed by atoms with E-state index in [2.05, 4.69) is 14.9 Å². The van der Waals surface area contributed by atoms with Crippen molar-refractivity contribution in [3.8, 4) is 0 Å². The number of aliphatic hydroxyl groups is 2. The van der Waals surface area contributed by atoms with Crippen LogP contribution in [-0.4, -0.2) is 39.9 Å². The van der Waals surface area contributed by atoms with Gasteiger partial charge in [0.05, 0.1) is 6.61 Å². The van der Waals surface area contributed by atoms with Gasteiger partial charge in [-0.15, -0.1) is 0 Å². The van der Waals surface area contributed by atoms with Gasteiger partial charge in [-0.05, 0) is 25.7 Å². The van der Waals surface area contributed by atoms with E-state index < -0.39 is 0 Å². The van der Waals surface area contributed by atoms with Crippen molar-refractivity contribution < 1.29 is 10.2 Å². The third-order valence-corrected chi connectivity index (χ3v) is 3.39. The minimum Gasteiger partial charge on any atom is -0.396 e. The first-order chi connectivity index (χ1) is 8.24. The molecule has 5 nitrogen and oxygen atoms in total. The molecular formula is C12H19N3O2. The van der Waals surface area contributed by atoms with Crippen LogP contribution in [0.3, 0.4) is 0 Å². The second-order valence-electron chi connectivity index (χ2n) is 4.55.